The van der Waals surface area contributed by atoms with Gasteiger partial charge in [0.2, 0.25) is 12.2 Å². The summed E-state index contributed by atoms with van der Waals surface area (Å²) in [6.45, 7) is 6.76. The zero-order valence-electron chi connectivity index (χ0n) is 20.6. The van der Waals surface area contributed by atoms with Crippen molar-refractivity contribution in [1.29, 1.82) is 0 Å². The fourth-order valence-corrected chi connectivity index (χ4v) is 4.56. The first kappa shape index (κ1) is 27.6. The number of nitrogens with zero attached hydrogens (tertiary/aromatic N) is 1. The fourth-order valence-electron chi connectivity index (χ4n) is 4.27. The zero-order chi connectivity index (χ0) is 25.5. The summed E-state index contributed by atoms with van der Waals surface area (Å²) in [4.78, 5) is 51.6. The van der Waals surface area contributed by atoms with E-state index in [0.717, 1.165) is 12.8 Å². The van der Waals surface area contributed by atoms with Crippen LogP contribution in [0.3, 0.4) is 0 Å². The van der Waals surface area contributed by atoms with Gasteiger partial charge in [-0.15, -0.1) is 0 Å². The number of benzene rings is 1. The van der Waals surface area contributed by atoms with Crippen molar-refractivity contribution in [1.82, 2.24) is 10.2 Å². The van der Waals surface area contributed by atoms with E-state index in [0.29, 0.717) is 42.2 Å². The highest BCUT2D eigenvalue weighted by Crippen LogP contribution is 2.42. The molecule has 1 fully saturated rings. The van der Waals surface area contributed by atoms with Gasteiger partial charge >= 0.3 is 12.1 Å². The number of rotatable bonds is 9. The number of likely N-dealkylation sites (N-methyl/N-ethyl adjacent to an activating group) is 1. The number of ether oxygens (including phenoxy) is 2. The molecule has 0 saturated heterocycles. The first-order valence-corrected chi connectivity index (χ1v) is 12.1. The van der Waals surface area contributed by atoms with Gasteiger partial charge in [-0.3, -0.25) is 14.5 Å². The number of carbonyl (C=O) groups is 4. The lowest BCUT2D eigenvalue weighted by atomic mass is 9.74. The van der Waals surface area contributed by atoms with Crippen molar-refractivity contribution in [2.45, 2.75) is 84.1 Å². The number of hydrogen-bond acceptors (Lipinski definition) is 6. The minimum absolute atomic E-state index is 0.115. The van der Waals surface area contributed by atoms with E-state index in [1.807, 2.05) is 13.8 Å². The topological polar surface area (TPSA) is 102 Å². The standard InChI is InChI=1S/C25H35ClN2O6/c1-16(2)13-14-21(27-17(3)29)23(31)33-18(4)34-24(32)28(5)25(15-9-8-12-22(25)30)19-10-6-7-11-20(19)26/h6-7,10-11,16,18,21H,8-9,12-15H2,1-5H3,(H,27,29)/t18?,21-,25+/m0/s1. The number of carbonyl (C=O) groups excluding carboxylic acids is 4. The van der Waals surface area contributed by atoms with Gasteiger partial charge in [-0.05, 0) is 44.1 Å². The molecule has 3 atom stereocenters. The highest BCUT2D eigenvalue weighted by atomic mass is 35.5. The summed E-state index contributed by atoms with van der Waals surface area (Å²) < 4.78 is 10.7. The molecule has 1 saturated carbocycles. The van der Waals surface area contributed by atoms with E-state index in [1.165, 1.54) is 25.8 Å². The lowest BCUT2D eigenvalue weighted by molar-refractivity contribution is -0.171. The molecule has 0 aliphatic heterocycles. The lowest BCUT2D eigenvalue weighted by Crippen LogP contribution is -2.55. The van der Waals surface area contributed by atoms with E-state index < -0.39 is 29.9 Å². The van der Waals surface area contributed by atoms with E-state index in [4.69, 9.17) is 21.1 Å². The molecule has 1 N–H and O–H groups in total. The Bertz CT molecular complexity index is 905. The lowest BCUT2D eigenvalue weighted by Gasteiger charge is -2.43. The quantitative estimate of drug-likeness (QED) is 0.398. The third-order valence-electron chi connectivity index (χ3n) is 6.06. The van der Waals surface area contributed by atoms with E-state index in [-0.39, 0.29) is 11.7 Å². The summed E-state index contributed by atoms with van der Waals surface area (Å²) in [6, 6.07) is 6.12. The summed E-state index contributed by atoms with van der Waals surface area (Å²) in [5, 5.41) is 2.97. The normalized spacial score (nSPS) is 19.8. The molecule has 1 aromatic rings. The van der Waals surface area contributed by atoms with Gasteiger partial charge in [0, 0.05) is 37.9 Å². The molecule has 0 radical (unpaired) electrons. The van der Waals surface area contributed by atoms with Crippen molar-refractivity contribution in [3.63, 3.8) is 0 Å². The minimum Gasteiger partial charge on any atom is -0.424 e. The number of esters is 1. The average Bonchev–Trinajstić information content (AvgIpc) is 2.76. The fraction of sp³-hybridized carbons (Fsp3) is 0.600. The van der Waals surface area contributed by atoms with Crippen LogP contribution in [-0.2, 0) is 29.4 Å². The predicted molar refractivity (Wildman–Crippen MR) is 128 cm³/mol. The first-order chi connectivity index (χ1) is 16.0. The molecule has 1 unspecified atom stereocenters. The van der Waals surface area contributed by atoms with Gasteiger partial charge in [-0.1, -0.05) is 43.6 Å². The molecule has 0 bridgehead atoms. The van der Waals surface area contributed by atoms with E-state index >= 15 is 0 Å². The van der Waals surface area contributed by atoms with Gasteiger partial charge in [0.25, 0.3) is 0 Å². The molecular weight excluding hydrogens is 460 g/mol. The van der Waals surface area contributed by atoms with Gasteiger partial charge in [-0.2, -0.15) is 0 Å². The number of Topliss-reactive ketones (excluding diaryl/α,β-unsaturated/α-hetero) is 1. The van der Waals surface area contributed by atoms with Crippen molar-refractivity contribution in [2.24, 2.45) is 5.92 Å². The second-order valence-electron chi connectivity index (χ2n) is 9.14. The second kappa shape index (κ2) is 12.2. The van der Waals surface area contributed by atoms with Crippen molar-refractivity contribution in [2.75, 3.05) is 7.05 Å². The molecule has 0 spiro atoms. The minimum atomic E-state index is -1.26. The van der Waals surface area contributed by atoms with Crippen molar-refractivity contribution in [3.8, 4) is 0 Å². The number of hydrogen-bond donors (Lipinski definition) is 1. The van der Waals surface area contributed by atoms with Crippen LogP contribution in [0.25, 0.3) is 0 Å². The molecule has 9 heteroatoms. The van der Waals surface area contributed by atoms with Gasteiger partial charge in [0.15, 0.2) is 5.78 Å². The second-order valence-corrected chi connectivity index (χ2v) is 9.55. The van der Waals surface area contributed by atoms with Crippen LogP contribution in [0.4, 0.5) is 4.79 Å². The SMILES string of the molecule is CC(=O)N[C@@H](CCC(C)C)C(=O)OC(C)OC(=O)N(C)[C@@]1(c2ccccc2Cl)CCCCC1=O. The Hall–Kier alpha value is -2.61. The van der Waals surface area contributed by atoms with Crippen LogP contribution in [0, 0.1) is 5.92 Å². The van der Waals surface area contributed by atoms with Gasteiger partial charge in [-0.25, -0.2) is 9.59 Å². The molecule has 34 heavy (non-hydrogen) atoms. The van der Waals surface area contributed by atoms with Crippen LogP contribution in [0.15, 0.2) is 24.3 Å². The van der Waals surface area contributed by atoms with Crippen molar-refractivity contribution in [3.05, 3.63) is 34.9 Å². The maximum Gasteiger partial charge on any atom is 0.413 e. The maximum absolute atomic E-state index is 13.2. The highest BCUT2D eigenvalue weighted by molar-refractivity contribution is 6.31. The Kier molecular flexibility index (Phi) is 9.91. The molecule has 0 aromatic heterocycles. The third kappa shape index (κ3) is 6.72. The van der Waals surface area contributed by atoms with E-state index in [2.05, 4.69) is 5.32 Å². The first-order valence-electron chi connectivity index (χ1n) is 11.7. The zero-order valence-corrected chi connectivity index (χ0v) is 21.3. The monoisotopic (exact) mass is 494 g/mol. The van der Waals surface area contributed by atoms with Crippen LogP contribution in [0.2, 0.25) is 5.02 Å². The third-order valence-corrected chi connectivity index (χ3v) is 6.39. The number of halogens is 1. The molecule has 1 aliphatic rings. The van der Waals surface area contributed by atoms with Crippen LogP contribution < -0.4 is 5.32 Å². The molecule has 2 amide bonds. The summed E-state index contributed by atoms with van der Waals surface area (Å²) in [5.74, 6) is -0.821. The predicted octanol–water partition coefficient (Wildman–Crippen LogP) is 4.58. The summed E-state index contributed by atoms with van der Waals surface area (Å²) in [6.07, 6.45) is 1.29. The van der Waals surface area contributed by atoms with Crippen LogP contribution >= 0.6 is 11.6 Å². The smallest absolute Gasteiger partial charge is 0.413 e. The van der Waals surface area contributed by atoms with Gasteiger partial charge < -0.3 is 14.8 Å². The Balaban J connectivity index is 2.15. The molecule has 8 nitrogen and oxygen atoms in total. The van der Waals surface area contributed by atoms with E-state index in [1.54, 1.807) is 24.3 Å². The molecule has 2 rings (SSSR count). The molecular formula is C25H35ClN2O6. The Morgan fingerprint density at radius 2 is 1.79 bits per heavy atom. The Labute approximate surface area is 206 Å². The number of ketones is 1. The Morgan fingerprint density at radius 3 is 2.38 bits per heavy atom. The van der Waals surface area contributed by atoms with Gasteiger partial charge in [0.1, 0.15) is 11.6 Å². The molecule has 188 valence electrons. The van der Waals surface area contributed by atoms with Crippen LogP contribution in [-0.4, -0.2) is 48.0 Å². The van der Waals surface area contributed by atoms with Crippen molar-refractivity contribution < 1.29 is 28.7 Å². The van der Waals surface area contributed by atoms with Crippen LogP contribution in [0.5, 0.6) is 0 Å². The highest BCUT2D eigenvalue weighted by Gasteiger charge is 2.49. The van der Waals surface area contributed by atoms with Crippen molar-refractivity contribution >= 4 is 35.4 Å². The van der Waals surface area contributed by atoms with Crippen LogP contribution in [0.1, 0.15) is 71.8 Å². The number of nitrogens with one attached hydrogen (secondary N) is 1. The largest absolute Gasteiger partial charge is 0.424 e. The van der Waals surface area contributed by atoms with Gasteiger partial charge in [0.05, 0.1) is 0 Å². The summed E-state index contributed by atoms with van der Waals surface area (Å²) in [5.41, 5.74) is -0.710. The van der Waals surface area contributed by atoms with E-state index in [9.17, 15) is 19.2 Å². The number of amides is 2. The Morgan fingerprint density at radius 1 is 1.12 bits per heavy atom. The average molecular weight is 495 g/mol. The maximum atomic E-state index is 13.2. The molecule has 1 aromatic carbocycles. The summed E-state index contributed by atoms with van der Waals surface area (Å²) >= 11 is 6.43. The summed E-state index contributed by atoms with van der Waals surface area (Å²) in [7, 11) is 1.49. The molecule has 0 heterocycles. The molecule has 1 aliphatic carbocycles.